The molecule has 2 atom stereocenters. The highest BCUT2D eigenvalue weighted by Crippen LogP contribution is 2.23. The maximum Gasteiger partial charge on any atom is 0.338 e. The molecule has 0 radical (unpaired) electrons. The number of carbonyl (C=O) groups is 2. The molecule has 2 N–H and O–H groups in total. The van der Waals surface area contributed by atoms with Crippen molar-refractivity contribution in [3.05, 3.63) is 83.8 Å². The Bertz CT molecular complexity index is 1580. The minimum Gasteiger partial charge on any atom is -0.461 e. The Kier molecular flexibility index (Phi) is 6.72. The van der Waals surface area contributed by atoms with Gasteiger partial charge in [0.05, 0.1) is 25.2 Å². The maximum atomic E-state index is 13.4. The summed E-state index contributed by atoms with van der Waals surface area (Å²) in [6, 6.07) is 11.8. The van der Waals surface area contributed by atoms with E-state index in [1.54, 1.807) is 24.3 Å². The van der Waals surface area contributed by atoms with E-state index in [1.165, 1.54) is 24.3 Å². The molecule has 6 rings (SSSR count). The minimum atomic E-state index is -0.816. The van der Waals surface area contributed by atoms with Gasteiger partial charge in [0.1, 0.15) is 34.3 Å². The van der Waals surface area contributed by atoms with Gasteiger partial charge in [-0.3, -0.25) is 0 Å². The first-order valence-corrected chi connectivity index (χ1v) is 12.5. The Morgan fingerprint density at radius 2 is 1.23 bits per heavy atom. The number of halogens is 2. The standard InChI is InChI=1S/C28H22F2N4O6/c29-17-1-3-23-15(7-17)9-21(37-23)11-19-13-31-27(33-19)39-25(35)5-6-26(36)40-28-32-14-20(34-28)12-22-10-16-8-18(30)2-4-24(16)38-22/h1-10,19-20H,11-14H2,(H,31,33)(H,32,34)/b6-5+. The highest BCUT2D eigenvalue weighted by molar-refractivity contribution is 6.00. The molecule has 0 amide bonds. The van der Waals surface area contributed by atoms with Crippen molar-refractivity contribution in [3.8, 4) is 0 Å². The van der Waals surface area contributed by atoms with Crippen LogP contribution in [0, 0.1) is 11.6 Å². The van der Waals surface area contributed by atoms with Gasteiger partial charge in [-0.15, -0.1) is 0 Å². The third-order valence-corrected chi connectivity index (χ3v) is 6.27. The molecule has 4 heterocycles. The molecule has 10 nitrogen and oxygen atoms in total. The number of esters is 2. The van der Waals surface area contributed by atoms with E-state index >= 15 is 0 Å². The van der Waals surface area contributed by atoms with E-state index in [1.807, 2.05) is 0 Å². The highest BCUT2D eigenvalue weighted by atomic mass is 19.1. The van der Waals surface area contributed by atoms with Crippen LogP contribution in [0.2, 0.25) is 0 Å². The van der Waals surface area contributed by atoms with E-state index in [0.717, 1.165) is 12.2 Å². The molecule has 0 aliphatic carbocycles. The molecule has 40 heavy (non-hydrogen) atoms. The number of aliphatic imine (C=N–C) groups is 2. The van der Waals surface area contributed by atoms with Gasteiger partial charge in [0, 0.05) is 35.8 Å². The number of fused-ring (bicyclic) bond motifs is 2. The molecular formula is C28H22F2N4O6. The number of amidine groups is 2. The second-order valence-electron chi connectivity index (χ2n) is 9.35. The zero-order valence-corrected chi connectivity index (χ0v) is 20.9. The topological polar surface area (TPSA) is 128 Å². The van der Waals surface area contributed by atoms with Crippen LogP contribution in [-0.4, -0.2) is 49.2 Å². The number of furan rings is 2. The Morgan fingerprint density at radius 1 is 0.775 bits per heavy atom. The fraction of sp³-hybridized carbons (Fsp3) is 0.214. The Balaban J connectivity index is 0.929. The van der Waals surface area contributed by atoms with Crippen molar-refractivity contribution in [3.63, 3.8) is 0 Å². The average Bonchev–Trinajstić information content (AvgIpc) is 3.70. The summed E-state index contributed by atoms with van der Waals surface area (Å²) >= 11 is 0. The first kappa shape index (κ1) is 25.3. The molecule has 2 unspecified atom stereocenters. The normalized spacial score (nSPS) is 18.6. The minimum absolute atomic E-state index is 0.0215. The summed E-state index contributed by atoms with van der Waals surface area (Å²) in [6.45, 7) is 0.689. The van der Waals surface area contributed by atoms with Gasteiger partial charge in [0.2, 0.25) is 0 Å². The summed E-state index contributed by atoms with van der Waals surface area (Å²) in [7, 11) is 0. The molecule has 2 aliphatic rings. The fourth-order valence-electron chi connectivity index (χ4n) is 4.49. The van der Waals surface area contributed by atoms with E-state index in [-0.39, 0.29) is 35.8 Å². The fourth-order valence-corrected chi connectivity index (χ4v) is 4.49. The van der Waals surface area contributed by atoms with Crippen molar-refractivity contribution in [1.29, 1.82) is 0 Å². The smallest absolute Gasteiger partial charge is 0.338 e. The lowest BCUT2D eigenvalue weighted by atomic mass is 10.1. The molecule has 2 aromatic carbocycles. The third kappa shape index (κ3) is 5.85. The maximum absolute atomic E-state index is 13.4. The molecule has 204 valence electrons. The first-order chi connectivity index (χ1) is 19.4. The summed E-state index contributed by atoms with van der Waals surface area (Å²) in [5, 5.41) is 7.28. The molecule has 0 saturated carbocycles. The number of nitrogens with one attached hydrogen (secondary N) is 2. The lowest BCUT2D eigenvalue weighted by Gasteiger charge is -2.09. The molecular weight excluding hydrogens is 526 g/mol. The second kappa shape index (κ2) is 10.6. The quantitative estimate of drug-likeness (QED) is 0.277. The van der Waals surface area contributed by atoms with Crippen LogP contribution in [-0.2, 0) is 31.9 Å². The number of rotatable bonds is 6. The lowest BCUT2D eigenvalue weighted by Crippen LogP contribution is -2.34. The van der Waals surface area contributed by atoms with Crippen molar-refractivity contribution in [2.45, 2.75) is 24.9 Å². The van der Waals surface area contributed by atoms with Gasteiger partial charge >= 0.3 is 11.9 Å². The summed E-state index contributed by atoms with van der Waals surface area (Å²) in [5.41, 5.74) is 1.16. The van der Waals surface area contributed by atoms with Crippen molar-refractivity contribution in [1.82, 2.24) is 10.6 Å². The van der Waals surface area contributed by atoms with Gasteiger partial charge in [-0.2, -0.15) is 0 Å². The van der Waals surface area contributed by atoms with E-state index in [9.17, 15) is 18.4 Å². The first-order valence-electron chi connectivity index (χ1n) is 12.5. The van der Waals surface area contributed by atoms with E-state index in [2.05, 4.69) is 20.6 Å². The van der Waals surface area contributed by atoms with E-state index < -0.39 is 11.9 Å². The van der Waals surface area contributed by atoms with E-state index in [0.29, 0.717) is 59.4 Å². The van der Waals surface area contributed by atoms with Crippen molar-refractivity contribution in [2.24, 2.45) is 9.98 Å². The molecule has 0 bridgehead atoms. The predicted molar refractivity (Wildman–Crippen MR) is 140 cm³/mol. The molecule has 0 saturated heterocycles. The number of nitrogens with zero attached hydrogens (tertiary/aromatic N) is 2. The predicted octanol–water partition coefficient (Wildman–Crippen LogP) is 3.54. The average molecular weight is 549 g/mol. The summed E-state index contributed by atoms with van der Waals surface area (Å²) in [6.07, 6.45) is 2.75. The largest absolute Gasteiger partial charge is 0.461 e. The summed E-state index contributed by atoms with van der Waals surface area (Å²) in [5.74, 6) is -1.04. The van der Waals surface area contributed by atoms with Gasteiger partial charge in [0.25, 0.3) is 12.0 Å². The third-order valence-electron chi connectivity index (χ3n) is 6.27. The van der Waals surface area contributed by atoms with Crippen LogP contribution in [0.5, 0.6) is 0 Å². The summed E-state index contributed by atoms with van der Waals surface area (Å²) < 4.78 is 48.5. The number of benzene rings is 2. The number of hydrogen-bond donors (Lipinski definition) is 2. The molecule has 12 heteroatoms. The summed E-state index contributed by atoms with van der Waals surface area (Å²) in [4.78, 5) is 32.6. The lowest BCUT2D eigenvalue weighted by molar-refractivity contribution is -0.133. The molecule has 0 fully saturated rings. The van der Waals surface area contributed by atoms with E-state index in [4.69, 9.17) is 18.3 Å². The molecule has 2 aromatic heterocycles. The highest BCUT2D eigenvalue weighted by Gasteiger charge is 2.24. The number of carbonyl (C=O) groups excluding carboxylic acids is 2. The molecule has 2 aliphatic heterocycles. The zero-order chi connectivity index (χ0) is 27.6. The van der Waals surface area contributed by atoms with Crippen molar-refractivity contribution < 1.29 is 36.7 Å². The van der Waals surface area contributed by atoms with Crippen LogP contribution in [0.4, 0.5) is 8.78 Å². The Hall–Kier alpha value is -5.00. The van der Waals surface area contributed by atoms with Gasteiger partial charge in [-0.05, 0) is 48.5 Å². The monoisotopic (exact) mass is 548 g/mol. The van der Waals surface area contributed by atoms with Crippen molar-refractivity contribution in [2.75, 3.05) is 13.1 Å². The van der Waals surface area contributed by atoms with Crippen LogP contribution >= 0.6 is 0 Å². The Morgan fingerprint density at radius 3 is 1.68 bits per heavy atom. The van der Waals surface area contributed by atoms with Crippen LogP contribution in [0.25, 0.3) is 21.9 Å². The van der Waals surface area contributed by atoms with Crippen LogP contribution in [0.15, 0.2) is 79.5 Å². The SMILES string of the molecule is O=C(/C=C/C(=O)OC1=NCC(Cc2cc3cc(F)ccc3o2)N1)OC1=NCC(Cc2cc3cc(F)ccc3o2)N1. The van der Waals surface area contributed by atoms with Gasteiger partial charge in [-0.1, -0.05) is 0 Å². The zero-order valence-electron chi connectivity index (χ0n) is 20.9. The van der Waals surface area contributed by atoms with Gasteiger partial charge < -0.3 is 28.9 Å². The van der Waals surface area contributed by atoms with Crippen molar-refractivity contribution >= 4 is 45.9 Å². The number of ether oxygens (including phenoxy) is 2. The molecule has 4 aromatic rings. The van der Waals surface area contributed by atoms with Crippen LogP contribution in [0.3, 0.4) is 0 Å². The number of hydrogen-bond acceptors (Lipinski definition) is 10. The van der Waals surface area contributed by atoms with Crippen LogP contribution in [0.1, 0.15) is 11.5 Å². The van der Waals surface area contributed by atoms with Gasteiger partial charge in [-0.25, -0.2) is 28.4 Å². The van der Waals surface area contributed by atoms with Crippen LogP contribution < -0.4 is 10.6 Å². The Labute approximate surface area is 225 Å². The second-order valence-corrected chi connectivity index (χ2v) is 9.35. The molecule has 0 spiro atoms. The van der Waals surface area contributed by atoms with Gasteiger partial charge in [0.15, 0.2) is 0 Å².